The number of hydrogen-bond acceptors (Lipinski definition) is 1. The van der Waals surface area contributed by atoms with Gasteiger partial charge < -0.3 is 0 Å². The summed E-state index contributed by atoms with van der Waals surface area (Å²) in [5, 5.41) is 0. The molecule has 0 unspecified atom stereocenters. The lowest BCUT2D eigenvalue weighted by Gasteiger charge is -2.26. The standard InChI is InChI=1S/C45H39N/c1-32-41(34-25-27-40(28-26-34)45(2,3)39-21-11-6-12-22-39)23-14-24-42(32)36-19-13-20-37(29-36)44-31-38(33-15-7-4-8-16-33)30-43(46-44)35-17-9-5-10-18-35/h4-12,14-18,20-31H,13,19H2,1-3H3. The highest BCUT2D eigenvalue weighted by Crippen LogP contribution is 2.38. The lowest BCUT2D eigenvalue weighted by atomic mass is 9.77. The van der Waals surface area contributed by atoms with Gasteiger partial charge in [0.25, 0.3) is 0 Å². The molecule has 7 rings (SSSR count). The number of rotatable bonds is 7. The molecule has 1 heterocycles. The molecule has 0 bridgehead atoms. The van der Waals surface area contributed by atoms with E-state index in [2.05, 4.69) is 179 Å². The van der Waals surface area contributed by atoms with Crippen LogP contribution >= 0.6 is 0 Å². The van der Waals surface area contributed by atoms with Gasteiger partial charge in [-0.05, 0) is 93.6 Å². The zero-order valence-corrected chi connectivity index (χ0v) is 26.9. The minimum absolute atomic E-state index is 0.0570. The molecule has 5 aromatic carbocycles. The van der Waals surface area contributed by atoms with Crippen LogP contribution in [0.5, 0.6) is 0 Å². The van der Waals surface area contributed by atoms with E-state index in [4.69, 9.17) is 4.98 Å². The Morgan fingerprint density at radius 1 is 0.522 bits per heavy atom. The maximum Gasteiger partial charge on any atom is 0.0715 e. The van der Waals surface area contributed by atoms with E-state index >= 15 is 0 Å². The van der Waals surface area contributed by atoms with E-state index in [0.717, 1.165) is 29.8 Å². The number of hydrogen-bond donors (Lipinski definition) is 0. The smallest absolute Gasteiger partial charge is 0.0715 e. The third kappa shape index (κ3) is 5.89. The Morgan fingerprint density at radius 2 is 1.11 bits per heavy atom. The summed E-state index contributed by atoms with van der Waals surface area (Å²) < 4.78 is 0. The van der Waals surface area contributed by atoms with Gasteiger partial charge in [-0.25, -0.2) is 4.98 Å². The average molecular weight is 594 g/mol. The van der Waals surface area contributed by atoms with Crippen LogP contribution in [0.15, 0.2) is 158 Å². The van der Waals surface area contributed by atoms with Crippen molar-refractivity contribution in [2.24, 2.45) is 0 Å². The highest BCUT2D eigenvalue weighted by atomic mass is 14.7. The molecule has 1 heteroatoms. The lowest BCUT2D eigenvalue weighted by molar-refractivity contribution is 0.641. The van der Waals surface area contributed by atoms with Crippen molar-refractivity contribution in [2.75, 3.05) is 0 Å². The van der Waals surface area contributed by atoms with Gasteiger partial charge in [-0.1, -0.05) is 153 Å². The van der Waals surface area contributed by atoms with Crippen LogP contribution in [0.3, 0.4) is 0 Å². The third-order valence-electron chi connectivity index (χ3n) is 9.50. The Kier molecular flexibility index (Phi) is 8.07. The Hall–Kier alpha value is -5.27. The quantitative estimate of drug-likeness (QED) is 0.179. The van der Waals surface area contributed by atoms with Crippen LogP contribution in [-0.2, 0) is 5.41 Å². The van der Waals surface area contributed by atoms with Crippen LogP contribution in [0.1, 0.15) is 54.6 Å². The topological polar surface area (TPSA) is 12.9 Å². The second-order valence-corrected chi connectivity index (χ2v) is 12.8. The molecule has 0 aliphatic heterocycles. The molecule has 1 aliphatic carbocycles. The summed E-state index contributed by atoms with van der Waals surface area (Å²) in [4.78, 5) is 5.21. The van der Waals surface area contributed by atoms with Crippen molar-refractivity contribution in [2.45, 2.75) is 39.0 Å². The van der Waals surface area contributed by atoms with Crippen molar-refractivity contribution < 1.29 is 0 Å². The molecule has 1 nitrogen and oxygen atoms in total. The molecule has 1 aromatic heterocycles. The normalized spacial score (nSPS) is 13.2. The lowest BCUT2D eigenvalue weighted by Crippen LogP contribution is -2.18. The van der Waals surface area contributed by atoms with Gasteiger partial charge in [0.15, 0.2) is 0 Å². The van der Waals surface area contributed by atoms with Crippen LogP contribution in [0, 0.1) is 6.92 Å². The molecule has 0 saturated carbocycles. The molecule has 0 saturated heterocycles. The van der Waals surface area contributed by atoms with E-state index in [9.17, 15) is 0 Å². The number of benzene rings is 5. The van der Waals surface area contributed by atoms with E-state index in [1.54, 1.807) is 0 Å². The molecule has 0 N–H and O–H groups in total. The number of nitrogens with zero attached hydrogens (tertiary/aromatic N) is 1. The molecule has 1 aliphatic rings. The van der Waals surface area contributed by atoms with E-state index in [-0.39, 0.29) is 5.41 Å². The molecule has 0 fully saturated rings. The van der Waals surface area contributed by atoms with E-state index in [1.807, 2.05) is 0 Å². The number of pyridine rings is 1. The minimum Gasteiger partial charge on any atom is -0.248 e. The molecular formula is C45H39N. The molecule has 6 aromatic rings. The largest absolute Gasteiger partial charge is 0.248 e. The summed E-state index contributed by atoms with van der Waals surface area (Å²) in [6.07, 6.45) is 6.72. The molecule has 224 valence electrons. The van der Waals surface area contributed by atoms with Crippen molar-refractivity contribution in [3.8, 4) is 33.5 Å². The Labute approximate surface area is 273 Å². The van der Waals surface area contributed by atoms with E-state index < -0.39 is 0 Å². The average Bonchev–Trinajstić information content (AvgIpc) is 3.13. The van der Waals surface area contributed by atoms with Gasteiger partial charge >= 0.3 is 0 Å². The van der Waals surface area contributed by atoms with Gasteiger partial charge in [-0.15, -0.1) is 0 Å². The number of allylic oxidation sites excluding steroid dienone is 4. The van der Waals surface area contributed by atoms with Gasteiger partial charge in [0.1, 0.15) is 0 Å². The molecule has 0 spiro atoms. The van der Waals surface area contributed by atoms with Crippen molar-refractivity contribution >= 4 is 11.1 Å². The fourth-order valence-corrected chi connectivity index (χ4v) is 6.71. The monoisotopic (exact) mass is 593 g/mol. The molecule has 46 heavy (non-hydrogen) atoms. The summed E-state index contributed by atoms with van der Waals surface area (Å²) in [7, 11) is 0. The van der Waals surface area contributed by atoms with Crippen LogP contribution in [0.25, 0.3) is 44.7 Å². The molecular weight excluding hydrogens is 555 g/mol. The Bertz CT molecular complexity index is 1970. The fourth-order valence-electron chi connectivity index (χ4n) is 6.71. The molecule has 0 amide bonds. The van der Waals surface area contributed by atoms with Crippen molar-refractivity contribution in [1.82, 2.24) is 4.98 Å². The maximum atomic E-state index is 5.21. The Morgan fingerprint density at radius 3 is 1.80 bits per heavy atom. The summed E-state index contributed by atoms with van der Waals surface area (Å²) >= 11 is 0. The van der Waals surface area contributed by atoms with E-state index in [0.29, 0.717) is 0 Å². The summed E-state index contributed by atoms with van der Waals surface area (Å²) in [5.74, 6) is 0. The van der Waals surface area contributed by atoms with Crippen molar-refractivity contribution in [3.05, 3.63) is 186 Å². The maximum absolute atomic E-state index is 5.21. The first-order chi connectivity index (χ1) is 22.5. The number of aromatic nitrogens is 1. The van der Waals surface area contributed by atoms with Crippen LogP contribution in [-0.4, -0.2) is 4.98 Å². The minimum atomic E-state index is -0.0570. The van der Waals surface area contributed by atoms with Gasteiger partial charge in [0, 0.05) is 11.0 Å². The first kappa shape index (κ1) is 29.4. The van der Waals surface area contributed by atoms with Crippen LogP contribution < -0.4 is 0 Å². The highest BCUT2D eigenvalue weighted by molar-refractivity contribution is 5.89. The SMILES string of the molecule is Cc1c(C2=CC(c3cc(-c4ccccc4)cc(-c4ccccc4)n3)=CCC2)cccc1-c1ccc(C(C)(C)c2ccccc2)cc1. The van der Waals surface area contributed by atoms with Crippen LogP contribution in [0.2, 0.25) is 0 Å². The van der Waals surface area contributed by atoms with Crippen molar-refractivity contribution in [1.29, 1.82) is 0 Å². The predicted octanol–water partition coefficient (Wildman–Crippen LogP) is 12.0. The summed E-state index contributed by atoms with van der Waals surface area (Å²) in [6.45, 7) is 6.88. The first-order valence-corrected chi connectivity index (χ1v) is 16.3. The molecule has 0 radical (unpaired) electrons. The second-order valence-electron chi connectivity index (χ2n) is 12.8. The van der Waals surface area contributed by atoms with Crippen molar-refractivity contribution in [3.63, 3.8) is 0 Å². The summed E-state index contributed by atoms with van der Waals surface area (Å²) in [6, 6.07) is 52.3. The summed E-state index contributed by atoms with van der Waals surface area (Å²) in [5.41, 5.74) is 15.8. The molecule has 0 atom stereocenters. The highest BCUT2D eigenvalue weighted by Gasteiger charge is 2.23. The Balaban J connectivity index is 1.23. The predicted molar refractivity (Wildman–Crippen MR) is 195 cm³/mol. The zero-order chi connectivity index (χ0) is 31.5. The van der Waals surface area contributed by atoms with Gasteiger partial charge in [0.05, 0.1) is 11.4 Å². The van der Waals surface area contributed by atoms with E-state index in [1.165, 1.54) is 55.7 Å². The second kappa shape index (κ2) is 12.6. The zero-order valence-electron chi connectivity index (χ0n) is 26.9. The first-order valence-electron chi connectivity index (χ1n) is 16.3. The van der Waals surface area contributed by atoms with Crippen LogP contribution in [0.4, 0.5) is 0 Å². The van der Waals surface area contributed by atoms with Gasteiger partial charge in [0.2, 0.25) is 0 Å². The fraction of sp³-hybridized carbons (Fsp3) is 0.133. The van der Waals surface area contributed by atoms with Gasteiger partial charge in [-0.2, -0.15) is 0 Å². The third-order valence-corrected chi connectivity index (χ3v) is 9.50. The van der Waals surface area contributed by atoms with Gasteiger partial charge in [-0.3, -0.25) is 0 Å².